The van der Waals surface area contributed by atoms with Crippen LogP contribution in [-0.2, 0) is 20.9 Å². The summed E-state index contributed by atoms with van der Waals surface area (Å²) in [7, 11) is 0. The van der Waals surface area contributed by atoms with Gasteiger partial charge in [-0.05, 0) is 42.0 Å². The summed E-state index contributed by atoms with van der Waals surface area (Å²) in [6.07, 6.45) is 1.60. The zero-order chi connectivity index (χ0) is 24.6. The van der Waals surface area contributed by atoms with E-state index in [0.29, 0.717) is 22.7 Å². The average molecular weight is 471 g/mol. The molecule has 0 bridgehead atoms. The Morgan fingerprint density at radius 3 is 2.29 bits per heavy atom. The van der Waals surface area contributed by atoms with Gasteiger partial charge in [-0.25, -0.2) is 0 Å². The second-order valence-corrected chi connectivity index (χ2v) is 7.59. The summed E-state index contributed by atoms with van der Waals surface area (Å²) in [6, 6.07) is 21.9. The number of benzene rings is 3. The molecule has 0 aliphatic carbocycles. The SMILES string of the molecule is O=C(CCC(=O)OCc1ccc(Oc2ccc([N+](=O)[O-])cc2)cc1)Nc1cccc2cccnc12. The average Bonchev–Trinajstić information content (AvgIpc) is 2.87. The number of rotatable bonds is 9. The first-order valence-electron chi connectivity index (χ1n) is 10.8. The Hall–Kier alpha value is -4.79. The molecule has 3 aromatic carbocycles. The number of fused-ring (bicyclic) bond motifs is 1. The van der Waals surface area contributed by atoms with Crippen LogP contribution in [0, 0.1) is 10.1 Å². The number of non-ortho nitro benzene ring substituents is 1. The van der Waals surface area contributed by atoms with E-state index < -0.39 is 10.9 Å². The Morgan fingerprint density at radius 1 is 0.886 bits per heavy atom. The molecule has 0 atom stereocenters. The number of para-hydroxylation sites is 1. The molecule has 0 fully saturated rings. The predicted molar refractivity (Wildman–Crippen MR) is 129 cm³/mol. The summed E-state index contributed by atoms with van der Waals surface area (Å²) >= 11 is 0. The number of ether oxygens (including phenoxy) is 2. The molecule has 0 aliphatic rings. The van der Waals surface area contributed by atoms with Gasteiger partial charge in [0.25, 0.3) is 5.69 Å². The van der Waals surface area contributed by atoms with Crippen molar-refractivity contribution in [3.05, 3.63) is 101 Å². The first-order chi connectivity index (χ1) is 17.0. The van der Waals surface area contributed by atoms with Crippen LogP contribution in [0.1, 0.15) is 18.4 Å². The second kappa shape index (κ2) is 10.9. The number of pyridine rings is 1. The Balaban J connectivity index is 1.22. The molecule has 4 aromatic rings. The van der Waals surface area contributed by atoms with Gasteiger partial charge < -0.3 is 14.8 Å². The van der Waals surface area contributed by atoms with Crippen LogP contribution < -0.4 is 10.1 Å². The molecule has 1 aromatic heterocycles. The Morgan fingerprint density at radius 2 is 1.57 bits per heavy atom. The zero-order valence-electron chi connectivity index (χ0n) is 18.5. The van der Waals surface area contributed by atoms with Gasteiger partial charge in [0.2, 0.25) is 5.91 Å². The molecule has 9 heteroatoms. The minimum Gasteiger partial charge on any atom is -0.461 e. The lowest BCUT2D eigenvalue weighted by atomic mass is 10.2. The van der Waals surface area contributed by atoms with Crippen LogP contribution in [0.15, 0.2) is 85.1 Å². The standard InChI is InChI=1S/C26H21N3O6/c30-24(28-23-5-1-3-19-4-2-16-27-26(19)23)14-15-25(31)34-17-18-6-10-21(11-7-18)35-22-12-8-20(9-13-22)29(32)33/h1-13,16H,14-15,17H2,(H,28,30). The maximum atomic E-state index is 12.3. The van der Waals surface area contributed by atoms with Crippen molar-refractivity contribution in [1.82, 2.24) is 4.98 Å². The molecule has 1 heterocycles. The molecule has 0 unspecified atom stereocenters. The topological polar surface area (TPSA) is 121 Å². The fourth-order valence-corrected chi connectivity index (χ4v) is 3.30. The minimum atomic E-state index is -0.484. The van der Waals surface area contributed by atoms with Gasteiger partial charge in [0.05, 0.1) is 22.5 Å². The number of carbonyl (C=O) groups is 2. The number of nitrogens with zero attached hydrogens (tertiary/aromatic N) is 2. The molecule has 0 spiro atoms. The first kappa shape index (κ1) is 23.4. The van der Waals surface area contributed by atoms with Gasteiger partial charge in [0.1, 0.15) is 18.1 Å². The quantitative estimate of drug-likeness (QED) is 0.197. The molecule has 4 rings (SSSR count). The molecule has 0 saturated carbocycles. The van der Waals surface area contributed by atoms with E-state index in [1.807, 2.05) is 24.3 Å². The molecular formula is C26H21N3O6. The fourth-order valence-electron chi connectivity index (χ4n) is 3.30. The van der Waals surface area contributed by atoms with E-state index in [9.17, 15) is 19.7 Å². The number of esters is 1. The lowest BCUT2D eigenvalue weighted by Crippen LogP contribution is -2.15. The number of amides is 1. The summed E-state index contributed by atoms with van der Waals surface area (Å²) in [5.74, 6) is 0.219. The number of nitrogens with one attached hydrogen (secondary N) is 1. The number of aromatic nitrogens is 1. The molecular weight excluding hydrogens is 450 g/mol. The van der Waals surface area contributed by atoms with Crippen LogP contribution in [0.3, 0.4) is 0 Å². The van der Waals surface area contributed by atoms with Gasteiger partial charge in [-0.3, -0.25) is 24.7 Å². The molecule has 35 heavy (non-hydrogen) atoms. The van der Waals surface area contributed by atoms with Crippen molar-refractivity contribution >= 4 is 34.2 Å². The smallest absolute Gasteiger partial charge is 0.306 e. The predicted octanol–water partition coefficient (Wildman–Crippen LogP) is 5.40. The number of nitro groups is 1. The first-order valence-corrected chi connectivity index (χ1v) is 10.8. The minimum absolute atomic E-state index is 0.00985. The summed E-state index contributed by atoms with van der Waals surface area (Å²) in [5.41, 5.74) is 2.02. The van der Waals surface area contributed by atoms with Gasteiger partial charge in [0.15, 0.2) is 0 Å². The van der Waals surface area contributed by atoms with E-state index in [1.54, 1.807) is 36.5 Å². The summed E-state index contributed by atoms with van der Waals surface area (Å²) in [6.45, 7) is 0.0610. The highest BCUT2D eigenvalue weighted by Gasteiger charge is 2.11. The van der Waals surface area contributed by atoms with Crippen LogP contribution in [0.5, 0.6) is 11.5 Å². The van der Waals surface area contributed by atoms with Crippen molar-refractivity contribution in [2.75, 3.05) is 5.32 Å². The van der Waals surface area contributed by atoms with E-state index in [4.69, 9.17) is 9.47 Å². The third-order valence-electron chi connectivity index (χ3n) is 5.07. The molecule has 176 valence electrons. The number of nitro benzene ring substituents is 1. The van der Waals surface area contributed by atoms with E-state index >= 15 is 0 Å². The van der Waals surface area contributed by atoms with E-state index in [1.165, 1.54) is 24.3 Å². The third-order valence-corrected chi connectivity index (χ3v) is 5.07. The van der Waals surface area contributed by atoms with Crippen molar-refractivity contribution in [2.45, 2.75) is 19.4 Å². The van der Waals surface area contributed by atoms with Gasteiger partial charge in [-0.2, -0.15) is 0 Å². The van der Waals surface area contributed by atoms with Crippen LogP contribution in [0.25, 0.3) is 10.9 Å². The molecule has 9 nitrogen and oxygen atoms in total. The number of anilines is 1. The molecule has 0 radical (unpaired) electrons. The summed E-state index contributed by atoms with van der Waals surface area (Å²) in [5, 5.41) is 14.4. The van der Waals surface area contributed by atoms with Crippen molar-refractivity contribution in [3.8, 4) is 11.5 Å². The van der Waals surface area contributed by atoms with Gasteiger partial charge >= 0.3 is 5.97 Å². The van der Waals surface area contributed by atoms with Crippen LogP contribution in [-0.4, -0.2) is 21.8 Å². The Bertz CT molecular complexity index is 1350. The van der Waals surface area contributed by atoms with Crippen molar-refractivity contribution in [2.24, 2.45) is 0 Å². The van der Waals surface area contributed by atoms with E-state index in [-0.39, 0.29) is 31.0 Å². The van der Waals surface area contributed by atoms with Crippen molar-refractivity contribution in [1.29, 1.82) is 0 Å². The third kappa shape index (κ3) is 6.38. The normalized spacial score (nSPS) is 10.5. The lowest BCUT2D eigenvalue weighted by Gasteiger charge is -2.09. The number of hydrogen-bond donors (Lipinski definition) is 1. The van der Waals surface area contributed by atoms with Crippen molar-refractivity contribution in [3.63, 3.8) is 0 Å². The fraction of sp³-hybridized carbons (Fsp3) is 0.115. The molecule has 0 saturated heterocycles. The van der Waals surface area contributed by atoms with Crippen LogP contribution in [0.2, 0.25) is 0 Å². The summed E-state index contributed by atoms with van der Waals surface area (Å²) in [4.78, 5) is 38.9. The van der Waals surface area contributed by atoms with Gasteiger partial charge in [-0.1, -0.05) is 30.3 Å². The monoisotopic (exact) mass is 471 g/mol. The highest BCUT2D eigenvalue weighted by molar-refractivity contribution is 6.00. The van der Waals surface area contributed by atoms with Gasteiger partial charge in [0, 0.05) is 30.1 Å². The molecule has 0 aliphatic heterocycles. The number of hydrogen-bond acceptors (Lipinski definition) is 7. The number of carbonyl (C=O) groups excluding carboxylic acids is 2. The maximum Gasteiger partial charge on any atom is 0.306 e. The van der Waals surface area contributed by atoms with E-state index in [2.05, 4.69) is 10.3 Å². The lowest BCUT2D eigenvalue weighted by molar-refractivity contribution is -0.384. The van der Waals surface area contributed by atoms with E-state index in [0.717, 1.165) is 10.9 Å². The van der Waals surface area contributed by atoms with Crippen molar-refractivity contribution < 1.29 is 24.0 Å². The molecule has 1 amide bonds. The highest BCUT2D eigenvalue weighted by atomic mass is 16.6. The Kier molecular flexibility index (Phi) is 7.27. The van der Waals surface area contributed by atoms with Gasteiger partial charge in [-0.15, -0.1) is 0 Å². The highest BCUT2D eigenvalue weighted by Crippen LogP contribution is 2.24. The Labute approximate surface area is 200 Å². The second-order valence-electron chi connectivity index (χ2n) is 7.59. The largest absolute Gasteiger partial charge is 0.461 e. The maximum absolute atomic E-state index is 12.3. The molecule has 1 N–H and O–H groups in total. The zero-order valence-corrected chi connectivity index (χ0v) is 18.5. The van der Waals surface area contributed by atoms with Crippen LogP contribution in [0.4, 0.5) is 11.4 Å². The van der Waals surface area contributed by atoms with Crippen LogP contribution >= 0.6 is 0 Å². The summed E-state index contributed by atoms with van der Waals surface area (Å²) < 4.78 is 10.9.